The van der Waals surface area contributed by atoms with E-state index in [1.807, 2.05) is 0 Å². The SMILES string of the molecule is O=C(N[C@@H](Cc1ccc(OC2CCNC2)cc1)C(=O)O)c1c(Cl)cccc1Cl. The standard InChI is InChI=1S/C20H20Cl2N2O4/c21-15-2-1-3-16(22)18(15)19(25)24-17(20(26)27)10-12-4-6-13(7-5-12)28-14-8-9-23-11-14/h1-7,14,17,23H,8-11H2,(H,24,25)(H,26,27)/t14?,17-/m0/s1. The van der Waals surface area contributed by atoms with Gasteiger partial charge < -0.3 is 20.5 Å². The summed E-state index contributed by atoms with van der Waals surface area (Å²) in [5, 5.41) is 15.6. The van der Waals surface area contributed by atoms with Gasteiger partial charge in [-0.25, -0.2) is 4.79 Å². The highest BCUT2D eigenvalue weighted by Crippen LogP contribution is 2.24. The number of aliphatic carboxylic acids is 1. The van der Waals surface area contributed by atoms with Crippen molar-refractivity contribution in [3.8, 4) is 5.75 Å². The molecule has 1 aliphatic heterocycles. The summed E-state index contributed by atoms with van der Waals surface area (Å²) in [7, 11) is 0. The number of halogens is 2. The van der Waals surface area contributed by atoms with Crippen LogP contribution in [0.5, 0.6) is 5.75 Å². The van der Waals surface area contributed by atoms with Crippen molar-refractivity contribution in [2.24, 2.45) is 0 Å². The number of rotatable bonds is 7. The first-order valence-electron chi connectivity index (χ1n) is 8.88. The van der Waals surface area contributed by atoms with Crippen LogP contribution in [0.1, 0.15) is 22.3 Å². The number of carboxylic acids is 1. The van der Waals surface area contributed by atoms with Crippen molar-refractivity contribution in [2.45, 2.75) is 25.0 Å². The van der Waals surface area contributed by atoms with E-state index in [0.29, 0.717) is 0 Å². The molecule has 1 amide bonds. The molecular formula is C20H20Cl2N2O4. The Kier molecular flexibility index (Phi) is 6.78. The monoisotopic (exact) mass is 422 g/mol. The molecule has 6 nitrogen and oxygen atoms in total. The summed E-state index contributed by atoms with van der Waals surface area (Å²) in [6, 6.07) is 10.7. The van der Waals surface area contributed by atoms with Crippen LogP contribution in [0.25, 0.3) is 0 Å². The number of hydrogen-bond donors (Lipinski definition) is 3. The molecule has 2 aromatic rings. The number of hydrogen-bond acceptors (Lipinski definition) is 4. The fraction of sp³-hybridized carbons (Fsp3) is 0.300. The molecule has 8 heteroatoms. The second-order valence-corrected chi connectivity index (χ2v) is 7.36. The molecular weight excluding hydrogens is 403 g/mol. The van der Waals surface area contributed by atoms with E-state index in [-0.39, 0.29) is 28.1 Å². The second-order valence-electron chi connectivity index (χ2n) is 6.54. The van der Waals surface area contributed by atoms with Gasteiger partial charge in [0.05, 0.1) is 15.6 Å². The largest absolute Gasteiger partial charge is 0.489 e. The van der Waals surface area contributed by atoms with Gasteiger partial charge in [0, 0.05) is 13.0 Å². The second kappa shape index (κ2) is 9.28. The number of nitrogens with one attached hydrogen (secondary N) is 2. The number of amides is 1. The van der Waals surface area contributed by atoms with Crippen LogP contribution in [-0.4, -0.2) is 42.2 Å². The molecule has 0 bridgehead atoms. The zero-order chi connectivity index (χ0) is 20.1. The van der Waals surface area contributed by atoms with Crippen molar-refractivity contribution in [1.29, 1.82) is 0 Å². The van der Waals surface area contributed by atoms with Crippen molar-refractivity contribution in [2.75, 3.05) is 13.1 Å². The molecule has 2 aromatic carbocycles. The Balaban J connectivity index is 1.66. The Morgan fingerprint density at radius 1 is 1.18 bits per heavy atom. The first-order valence-corrected chi connectivity index (χ1v) is 9.63. The third-order valence-electron chi connectivity index (χ3n) is 4.47. The molecule has 1 heterocycles. The summed E-state index contributed by atoms with van der Waals surface area (Å²) in [5.74, 6) is -1.04. The van der Waals surface area contributed by atoms with Crippen LogP contribution >= 0.6 is 23.2 Å². The molecule has 1 saturated heterocycles. The number of ether oxygens (including phenoxy) is 1. The summed E-state index contributed by atoms with van der Waals surface area (Å²) in [6.07, 6.45) is 1.23. The normalized spacial score (nSPS) is 17.1. The summed E-state index contributed by atoms with van der Waals surface area (Å²) < 4.78 is 5.85. The molecule has 0 aromatic heterocycles. The lowest BCUT2D eigenvalue weighted by Crippen LogP contribution is -2.42. The highest BCUT2D eigenvalue weighted by Gasteiger charge is 2.24. The Labute approximate surface area is 172 Å². The van der Waals surface area contributed by atoms with Crippen molar-refractivity contribution in [3.63, 3.8) is 0 Å². The Bertz CT molecular complexity index is 832. The fourth-order valence-electron chi connectivity index (χ4n) is 3.01. The summed E-state index contributed by atoms with van der Waals surface area (Å²) >= 11 is 12.0. The molecule has 1 unspecified atom stereocenters. The predicted octanol–water partition coefficient (Wildman–Crippen LogP) is 3.16. The summed E-state index contributed by atoms with van der Waals surface area (Å²) in [4.78, 5) is 24.1. The van der Waals surface area contributed by atoms with Crippen LogP contribution in [0, 0.1) is 0 Å². The number of benzene rings is 2. The molecule has 0 spiro atoms. The van der Waals surface area contributed by atoms with Crippen molar-refractivity contribution in [3.05, 3.63) is 63.6 Å². The first kappa shape index (κ1) is 20.5. The number of carbonyl (C=O) groups is 2. The summed E-state index contributed by atoms with van der Waals surface area (Å²) in [6.45, 7) is 1.76. The first-order chi connectivity index (χ1) is 13.4. The molecule has 3 N–H and O–H groups in total. The van der Waals surface area contributed by atoms with Gasteiger partial charge in [0.25, 0.3) is 5.91 Å². The minimum atomic E-state index is -1.14. The molecule has 28 heavy (non-hydrogen) atoms. The highest BCUT2D eigenvalue weighted by atomic mass is 35.5. The van der Waals surface area contributed by atoms with Gasteiger partial charge in [-0.1, -0.05) is 41.4 Å². The lowest BCUT2D eigenvalue weighted by Gasteiger charge is -2.17. The van der Waals surface area contributed by atoms with E-state index in [2.05, 4.69) is 10.6 Å². The van der Waals surface area contributed by atoms with Gasteiger partial charge in [0.2, 0.25) is 0 Å². The van der Waals surface area contributed by atoms with Crippen molar-refractivity contribution >= 4 is 35.1 Å². The Morgan fingerprint density at radius 3 is 2.43 bits per heavy atom. The van der Waals surface area contributed by atoms with Crippen LogP contribution in [0.3, 0.4) is 0 Å². The smallest absolute Gasteiger partial charge is 0.326 e. The van der Waals surface area contributed by atoms with Crippen LogP contribution in [-0.2, 0) is 11.2 Å². The third kappa shape index (κ3) is 5.16. The lowest BCUT2D eigenvalue weighted by atomic mass is 10.0. The van der Waals surface area contributed by atoms with Crippen molar-refractivity contribution in [1.82, 2.24) is 10.6 Å². The average Bonchev–Trinajstić information content (AvgIpc) is 3.15. The zero-order valence-corrected chi connectivity index (χ0v) is 16.5. The van der Waals surface area contributed by atoms with E-state index >= 15 is 0 Å². The Hall–Kier alpha value is -2.28. The van der Waals surface area contributed by atoms with Gasteiger partial charge in [-0.3, -0.25) is 4.79 Å². The quantitative estimate of drug-likeness (QED) is 0.637. The third-order valence-corrected chi connectivity index (χ3v) is 5.10. The van der Waals surface area contributed by atoms with E-state index in [0.717, 1.165) is 30.8 Å². The van der Waals surface area contributed by atoms with Gasteiger partial charge in [-0.15, -0.1) is 0 Å². The summed E-state index contributed by atoms with van der Waals surface area (Å²) in [5.41, 5.74) is 0.820. The van der Waals surface area contributed by atoms with E-state index in [1.54, 1.807) is 30.3 Å². The predicted molar refractivity (Wildman–Crippen MR) is 107 cm³/mol. The molecule has 0 aliphatic carbocycles. The van der Waals surface area contributed by atoms with Gasteiger partial charge in [0.1, 0.15) is 17.9 Å². The van der Waals surface area contributed by atoms with E-state index < -0.39 is 17.9 Å². The minimum absolute atomic E-state index is 0.0611. The number of carbonyl (C=O) groups excluding carboxylic acids is 1. The topological polar surface area (TPSA) is 87.7 Å². The fourth-order valence-corrected chi connectivity index (χ4v) is 3.58. The minimum Gasteiger partial charge on any atom is -0.489 e. The van der Waals surface area contributed by atoms with Crippen LogP contribution in [0.15, 0.2) is 42.5 Å². The molecule has 148 valence electrons. The molecule has 2 atom stereocenters. The molecule has 1 aliphatic rings. The average molecular weight is 423 g/mol. The van der Waals surface area contributed by atoms with E-state index in [9.17, 15) is 14.7 Å². The molecule has 1 fully saturated rings. The van der Waals surface area contributed by atoms with Crippen LogP contribution in [0.4, 0.5) is 0 Å². The molecule has 3 rings (SSSR count). The van der Waals surface area contributed by atoms with Gasteiger partial charge in [0.15, 0.2) is 0 Å². The van der Waals surface area contributed by atoms with Crippen LogP contribution < -0.4 is 15.4 Å². The van der Waals surface area contributed by atoms with Crippen molar-refractivity contribution < 1.29 is 19.4 Å². The lowest BCUT2D eigenvalue weighted by molar-refractivity contribution is -0.139. The Morgan fingerprint density at radius 2 is 1.86 bits per heavy atom. The molecule has 0 radical (unpaired) electrons. The zero-order valence-electron chi connectivity index (χ0n) is 15.0. The van der Waals surface area contributed by atoms with Gasteiger partial charge in [-0.05, 0) is 42.8 Å². The maximum absolute atomic E-state index is 12.5. The van der Waals surface area contributed by atoms with Gasteiger partial charge >= 0.3 is 5.97 Å². The maximum Gasteiger partial charge on any atom is 0.326 e. The van der Waals surface area contributed by atoms with E-state index in [4.69, 9.17) is 27.9 Å². The number of carboxylic acid groups (broad SMARTS) is 1. The van der Waals surface area contributed by atoms with Gasteiger partial charge in [-0.2, -0.15) is 0 Å². The highest BCUT2D eigenvalue weighted by molar-refractivity contribution is 6.39. The van der Waals surface area contributed by atoms with E-state index in [1.165, 1.54) is 12.1 Å². The maximum atomic E-state index is 12.5. The van der Waals surface area contributed by atoms with Crippen LogP contribution in [0.2, 0.25) is 10.0 Å². The molecule has 0 saturated carbocycles.